The predicted octanol–water partition coefficient (Wildman–Crippen LogP) is 3.32. The van der Waals surface area contributed by atoms with Gasteiger partial charge in [-0.1, -0.05) is 41.0 Å². The van der Waals surface area contributed by atoms with Gasteiger partial charge in [0.05, 0.1) is 6.42 Å². The molecule has 0 saturated carbocycles. The number of carbonyl (C=O) groups is 2. The first-order valence-electron chi connectivity index (χ1n) is 7.18. The van der Waals surface area contributed by atoms with Crippen molar-refractivity contribution in [3.8, 4) is 0 Å². The predicted molar refractivity (Wildman–Crippen MR) is 80.3 cm³/mol. The Balaban J connectivity index is 4.25. The molecule has 0 atom stereocenters. The molecule has 0 amide bonds. The number of ketones is 2. The van der Waals surface area contributed by atoms with Gasteiger partial charge in [-0.25, -0.2) is 0 Å². The van der Waals surface area contributed by atoms with Crippen molar-refractivity contribution in [2.75, 3.05) is 20.6 Å². The average molecular weight is 269 g/mol. The minimum atomic E-state index is -0.420. The average Bonchev–Trinajstić information content (AvgIpc) is 2.22. The van der Waals surface area contributed by atoms with Crippen molar-refractivity contribution in [3.05, 3.63) is 0 Å². The molecule has 0 aliphatic heterocycles. The SMILES string of the molecule is CN(C)CCCCC(C)(C)C(=O)CC(=O)C(C)(C)C. The minimum Gasteiger partial charge on any atom is -0.309 e. The second-order valence-corrected chi connectivity index (χ2v) is 7.42. The van der Waals surface area contributed by atoms with E-state index in [1.807, 2.05) is 34.6 Å². The first kappa shape index (κ1) is 18.3. The van der Waals surface area contributed by atoms with Gasteiger partial charge in [-0.15, -0.1) is 0 Å². The summed E-state index contributed by atoms with van der Waals surface area (Å²) in [7, 11) is 4.11. The third-order valence-corrected chi connectivity index (χ3v) is 3.57. The minimum absolute atomic E-state index is 0.0406. The van der Waals surface area contributed by atoms with Crippen LogP contribution in [0, 0.1) is 10.8 Å². The lowest BCUT2D eigenvalue weighted by Gasteiger charge is -2.25. The van der Waals surface area contributed by atoms with Crippen molar-refractivity contribution in [1.82, 2.24) is 4.90 Å². The van der Waals surface area contributed by atoms with Crippen LogP contribution in [-0.2, 0) is 9.59 Å². The molecule has 0 fully saturated rings. The van der Waals surface area contributed by atoms with E-state index in [2.05, 4.69) is 19.0 Å². The number of unbranched alkanes of at least 4 members (excludes halogenated alkanes) is 1. The molecule has 0 aliphatic rings. The highest BCUT2D eigenvalue weighted by Gasteiger charge is 2.31. The fourth-order valence-electron chi connectivity index (χ4n) is 1.78. The molecule has 0 rings (SSSR count). The van der Waals surface area contributed by atoms with E-state index in [9.17, 15) is 9.59 Å². The zero-order chi connectivity index (χ0) is 15.3. The molecule has 0 aromatic carbocycles. The van der Waals surface area contributed by atoms with Crippen molar-refractivity contribution in [2.45, 2.75) is 60.3 Å². The summed E-state index contributed by atoms with van der Waals surface area (Å²) in [5.41, 5.74) is -0.802. The summed E-state index contributed by atoms with van der Waals surface area (Å²) in [5, 5.41) is 0. The summed E-state index contributed by atoms with van der Waals surface area (Å²) in [4.78, 5) is 26.3. The van der Waals surface area contributed by atoms with Gasteiger partial charge in [0.1, 0.15) is 11.6 Å². The Morgan fingerprint density at radius 1 is 0.895 bits per heavy atom. The highest BCUT2D eigenvalue weighted by Crippen LogP contribution is 2.28. The number of nitrogens with zero attached hydrogens (tertiary/aromatic N) is 1. The largest absolute Gasteiger partial charge is 0.309 e. The van der Waals surface area contributed by atoms with Crippen LogP contribution in [0.1, 0.15) is 60.3 Å². The van der Waals surface area contributed by atoms with E-state index < -0.39 is 5.41 Å². The van der Waals surface area contributed by atoms with Gasteiger partial charge in [-0.05, 0) is 33.5 Å². The third kappa shape index (κ3) is 7.46. The van der Waals surface area contributed by atoms with Crippen LogP contribution in [0.15, 0.2) is 0 Å². The Bertz CT molecular complexity index is 311. The fourth-order valence-corrected chi connectivity index (χ4v) is 1.78. The Morgan fingerprint density at radius 2 is 1.42 bits per heavy atom. The molecule has 0 bridgehead atoms. The first-order valence-corrected chi connectivity index (χ1v) is 7.18. The van der Waals surface area contributed by atoms with Crippen molar-refractivity contribution in [3.63, 3.8) is 0 Å². The molecule has 0 spiro atoms. The Kier molecular flexibility index (Phi) is 6.92. The van der Waals surface area contributed by atoms with Gasteiger partial charge in [0.2, 0.25) is 0 Å². The summed E-state index contributed by atoms with van der Waals surface area (Å²) in [6.07, 6.45) is 3.05. The van der Waals surface area contributed by atoms with E-state index >= 15 is 0 Å². The van der Waals surface area contributed by atoms with Gasteiger partial charge in [0.15, 0.2) is 0 Å². The van der Waals surface area contributed by atoms with E-state index in [0.717, 1.165) is 25.8 Å². The number of hydrogen-bond donors (Lipinski definition) is 0. The third-order valence-electron chi connectivity index (χ3n) is 3.57. The van der Waals surface area contributed by atoms with Crippen LogP contribution in [-0.4, -0.2) is 37.1 Å². The second-order valence-electron chi connectivity index (χ2n) is 7.42. The van der Waals surface area contributed by atoms with E-state index in [-0.39, 0.29) is 23.4 Å². The van der Waals surface area contributed by atoms with E-state index in [0.29, 0.717) is 0 Å². The van der Waals surface area contributed by atoms with E-state index in [1.165, 1.54) is 0 Å². The lowest BCUT2D eigenvalue weighted by atomic mass is 9.78. The van der Waals surface area contributed by atoms with Gasteiger partial charge in [-0.3, -0.25) is 9.59 Å². The fraction of sp³-hybridized carbons (Fsp3) is 0.875. The monoisotopic (exact) mass is 269 g/mol. The summed E-state index contributed by atoms with van der Waals surface area (Å²) in [6, 6.07) is 0. The molecular formula is C16H31NO2. The lowest BCUT2D eigenvalue weighted by Crippen LogP contribution is -2.31. The summed E-state index contributed by atoms with van der Waals surface area (Å²) in [5.74, 6) is 0.121. The summed E-state index contributed by atoms with van der Waals surface area (Å²) >= 11 is 0. The quantitative estimate of drug-likeness (QED) is 0.501. The Hall–Kier alpha value is -0.700. The maximum atomic E-state index is 12.2. The lowest BCUT2D eigenvalue weighted by molar-refractivity contribution is -0.135. The van der Waals surface area contributed by atoms with Crippen LogP contribution in [0.25, 0.3) is 0 Å². The topological polar surface area (TPSA) is 37.4 Å². The Morgan fingerprint density at radius 3 is 1.84 bits per heavy atom. The molecule has 112 valence electrons. The maximum Gasteiger partial charge on any atom is 0.145 e. The van der Waals surface area contributed by atoms with E-state index in [4.69, 9.17) is 0 Å². The molecule has 19 heavy (non-hydrogen) atoms. The van der Waals surface area contributed by atoms with Crippen molar-refractivity contribution in [1.29, 1.82) is 0 Å². The van der Waals surface area contributed by atoms with Crippen molar-refractivity contribution >= 4 is 11.6 Å². The van der Waals surface area contributed by atoms with Crippen LogP contribution in [0.2, 0.25) is 0 Å². The normalized spacial score (nSPS) is 12.8. The number of carbonyl (C=O) groups excluding carboxylic acids is 2. The maximum absolute atomic E-state index is 12.2. The molecule has 0 radical (unpaired) electrons. The van der Waals surface area contributed by atoms with Crippen LogP contribution < -0.4 is 0 Å². The molecule has 3 nitrogen and oxygen atoms in total. The first-order chi connectivity index (χ1) is 8.47. The standard InChI is InChI=1S/C16H31NO2/c1-15(2,3)13(18)12-14(19)16(4,5)10-8-9-11-17(6)7/h8-12H2,1-7H3. The van der Waals surface area contributed by atoms with E-state index in [1.54, 1.807) is 0 Å². The van der Waals surface area contributed by atoms with Crippen molar-refractivity contribution in [2.24, 2.45) is 10.8 Å². The van der Waals surface area contributed by atoms with Gasteiger partial charge >= 0.3 is 0 Å². The van der Waals surface area contributed by atoms with Gasteiger partial charge in [0.25, 0.3) is 0 Å². The highest BCUT2D eigenvalue weighted by atomic mass is 16.1. The Labute approximate surface area is 118 Å². The van der Waals surface area contributed by atoms with Crippen LogP contribution >= 0.6 is 0 Å². The molecule has 0 aromatic rings. The number of Topliss-reactive ketones (excluding diaryl/α,β-unsaturated/α-hetero) is 2. The molecular weight excluding hydrogens is 238 g/mol. The smallest absolute Gasteiger partial charge is 0.145 e. The second kappa shape index (κ2) is 7.18. The van der Waals surface area contributed by atoms with Gasteiger partial charge in [0, 0.05) is 10.8 Å². The molecule has 3 heteroatoms. The summed E-state index contributed by atoms with van der Waals surface area (Å²) in [6.45, 7) is 10.6. The van der Waals surface area contributed by atoms with Crippen LogP contribution in [0.3, 0.4) is 0 Å². The highest BCUT2D eigenvalue weighted by molar-refractivity contribution is 6.03. The summed E-state index contributed by atoms with van der Waals surface area (Å²) < 4.78 is 0. The van der Waals surface area contributed by atoms with Crippen molar-refractivity contribution < 1.29 is 9.59 Å². The number of rotatable bonds is 8. The molecule has 0 unspecified atom stereocenters. The van der Waals surface area contributed by atoms with Crippen LogP contribution in [0.4, 0.5) is 0 Å². The molecule has 0 N–H and O–H groups in total. The molecule has 0 saturated heterocycles. The van der Waals surface area contributed by atoms with Crippen LogP contribution in [0.5, 0.6) is 0 Å². The number of hydrogen-bond acceptors (Lipinski definition) is 3. The molecule has 0 aliphatic carbocycles. The molecule has 0 aromatic heterocycles. The zero-order valence-corrected chi connectivity index (χ0v) is 13.8. The molecule has 0 heterocycles. The zero-order valence-electron chi connectivity index (χ0n) is 13.8. The van der Waals surface area contributed by atoms with Gasteiger partial charge < -0.3 is 4.90 Å². The van der Waals surface area contributed by atoms with Gasteiger partial charge in [-0.2, -0.15) is 0 Å².